The van der Waals surface area contributed by atoms with Gasteiger partial charge in [0.15, 0.2) is 5.13 Å². The van der Waals surface area contributed by atoms with E-state index in [-0.39, 0.29) is 11.2 Å². The van der Waals surface area contributed by atoms with Gasteiger partial charge in [0.2, 0.25) is 5.91 Å². The standard InChI is InChI=1S/C17H14N2OS2/c1-10-6-7-12-14(8-10)22-17(18-12)19-16(20)15-9-11-4-2-3-5-13(11)21-15/h2-8,15H,9H2,1H3,(H,18,19,20)/t15-/m1/s1. The third-order valence-corrected chi connectivity index (χ3v) is 5.96. The Balaban J connectivity index is 1.52. The number of rotatable bonds is 2. The second kappa shape index (κ2) is 5.41. The lowest BCUT2D eigenvalue weighted by atomic mass is 10.1. The monoisotopic (exact) mass is 326 g/mol. The number of thioether (sulfide) groups is 1. The topological polar surface area (TPSA) is 42.0 Å². The van der Waals surface area contributed by atoms with Crippen molar-refractivity contribution < 1.29 is 4.79 Å². The summed E-state index contributed by atoms with van der Waals surface area (Å²) in [6.45, 7) is 2.06. The molecule has 0 unspecified atom stereocenters. The van der Waals surface area contributed by atoms with Crippen molar-refractivity contribution in [2.75, 3.05) is 5.32 Å². The van der Waals surface area contributed by atoms with Gasteiger partial charge in [-0.05, 0) is 42.7 Å². The lowest BCUT2D eigenvalue weighted by Gasteiger charge is -2.07. The number of aromatic nitrogens is 1. The number of nitrogens with zero attached hydrogens (tertiary/aromatic N) is 1. The number of amides is 1. The van der Waals surface area contributed by atoms with Gasteiger partial charge in [-0.25, -0.2) is 4.98 Å². The van der Waals surface area contributed by atoms with E-state index >= 15 is 0 Å². The fourth-order valence-electron chi connectivity index (χ4n) is 2.60. The zero-order valence-electron chi connectivity index (χ0n) is 12.0. The Bertz CT molecular complexity index is 847. The number of fused-ring (bicyclic) bond motifs is 2. The van der Waals surface area contributed by atoms with Gasteiger partial charge in [-0.15, -0.1) is 11.8 Å². The van der Waals surface area contributed by atoms with Crippen LogP contribution in [-0.4, -0.2) is 16.1 Å². The number of anilines is 1. The SMILES string of the molecule is Cc1ccc2nc(NC(=O)[C@H]3Cc4ccccc4S3)sc2c1. The first-order valence-electron chi connectivity index (χ1n) is 7.12. The van der Waals surface area contributed by atoms with Crippen LogP contribution < -0.4 is 5.32 Å². The number of hydrogen-bond acceptors (Lipinski definition) is 4. The van der Waals surface area contributed by atoms with Crippen molar-refractivity contribution >= 4 is 44.4 Å². The largest absolute Gasteiger partial charge is 0.301 e. The van der Waals surface area contributed by atoms with E-state index in [9.17, 15) is 4.79 Å². The van der Waals surface area contributed by atoms with Crippen LogP contribution in [0.15, 0.2) is 47.4 Å². The van der Waals surface area contributed by atoms with Gasteiger partial charge >= 0.3 is 0 Å². The molecule has 0 saturated heterocycles. The first-order valence-corrected chi connectivity index (χ1v) is 8.81. The van der Waals surface area contributed by atoms with E-state index < -0.39 is 0 Å². The molecule has 0 fully saturated rings. The fraction of sp³-hybridized carbons (Fsp3) is 0.176. The summed E-state index contributed by atoms with van der Waals surface area (Å²) < 4.78 is 1.11. The molecular weight excluding hydrogens is 312 g/mol. The molecule has 2 heterocycles. The van der Waals surface area contributed by atoms with Crippen LogP contribution in [0.5, 0.6) is 0 Å². The lowest BCUT2D eigenvalue weighted by Crippen LogP contribution is -2.24. The number of carbonyl (C=O) groups is 1. The molecule has 1 atom stereocenters. The van der Waals surface area contributed by atoms with Gasteiger partial charge in [0, 0.05) is 4.90 Å². The number of benzene rings is 2. The van der Waals surface area contributed by atoms with E-state index in [1.807, 2.05) is 24.3 Å². The zero-order valence-corrected chi connectivity index (χ0v) is 13.6. The number of nitrogens with one attached hydrogen (secondary N) is 1. The Morgan fingerprint density at radius 2 is 2.14 bits per heavy atom. The Hall–Kier alpha value is -1.85. The second-order valence-corrected chi connectivity index (χ2v) is 7.67. The van der Waals surface area contributed by atoms with E-state index in [1.165, 1.54) is 27.4 Å². The van der Waals surface area contributed by atoms with Gasteiger partial charge in [0.05, 0.1) is 15.5 Å². The Kier molecular flexibility index (Phi) is 3.39. The fourth-order valence-corrected chi connectivity index (χ4v) is 4.76. The summed E-state index contributed by atoms with van der Waals surface area (Å²) in [5.74, 6) is 0.0389. The Labute approximate surface area is 136 Å². The molecule has 2 aromatic carbocycles. The van der Waals surface area contributed by atoms with Gasteiger partial charge < -0.3 is 5.32 Å². The molecule has 1 N–H and O–H groups in total. The smallest absolute Gasteiger partial charge is 0.239 e. The Morgan fingerprint density at radius 1 is 1.27 bits per heavy atom. The summed E-state index contributed by atoms with van der Waals surface area (Å²) in [6, 6.07) is 14.3. The highest BCUT2D eigenvalue weighted by Gasteiger charge is 2.28. The maximum Gasteiger partial charge on any atom is 0.239 e. The molecule has 1 amide bonds. The molecule has 5 heteroatoms. The van der Waals surface area contributed by atoms with Crippen LogP contribution in [0.2, 0.25) is 0 Å². The van der Waals surface area contributed by atoms with Gasteiger partial charge in [0.25, 0.3) is 0 Å². The maximum atomic E-state index is 12.5. The van der Waals surface area contributed by atoms with Crippen molar-refractivity contribution in [3.05, 3.63) is 53.6 Å². The van der Waals surface area contributed by atoms with Crippen LogP contribution in [-0.2, 0) is 11.2 Å². The average molecular weight is 326 g/mol. The van der Waals surface area contributed by atoms with Crippen LogP contribution in [0.4, 0.5) is 5.13 Å². The zero-order chi connectivity index (χ0) is 15.1. The van der Waals surface area contributed by atoms with Gasteiger partial charge in [-0.2, -0.15) is 0 Å². The lowest BCUT2D eigenvalue weighted by molar-refractivity contribution is -0.115. The normalized spacial score (nSPS) is 16.7. The molecule has 0 saturated carbocycles. The van der Waals surface area contributed by atoms with Crippen molar-refractivity contribution in [1.29, 1.82) is 0 Å². The maximum absolute atomic E-state index is 12.5. The summed E-state index contributed by atoms with van der Waals surface area (Å²) in [5.41, 5.74) is 3.40. The van der Waals surface area contributed by atoms with Crippen molar-refractivity contribution in [3.63, 3.8) is 0 Å². The molecule has 0 bridgehead atoms. The van der Waals surface area contributed by atoms with Crippen molar-refractivity contribution in [2.24, 2.45) is 0 Å². The van der Waals surface area contributed by atoms with Gasteiger partial charge in [-0.1, -0.05) is 35.6 Å². The number of aryl methyl sites for hydroxylation is 1. The predicted octanol–water partition coefficient (Wildman–Crippen LogP) is 4.26. The molecule has 0 radical (unpaired) electrons. The van der Waals surface area contributed by atoms with Crippen molar-refractivity contribution in [3.8, 4) is 0 Å². The highest BCUT2D eigenvalue weighted by Crippen LogP contribution is 2.37. The van der Waals surface area contributed by atoms with Crippen LogP contribution >= 0.6 is 23.1 Å². The van der Waals surface area contributed by atoms with E-state index in [2.05, 4.69) is 35.4 Å². The molecule has 3 nitrogen and oxygen atoms in total. The molecule has 1 aliphatic heterocycles. The minimum absolute atomic E-state index is 0.0389. The van der Waals surface area contributed by atoms with Crippen molar-refractivity contribution in [1.82, 2.24) is 4.98 Å². The van der Waals surface area contributed by atoms with Crippen molar-refractivity contribution in [2.45, 2.75) is 23.5 Å². The molecule has 1 aliphatic rings. The molecule has 22 heavy (non-hydrogen) atoms. The first-order chi connectivity index (χ1) is 10.7. The van der Waals surface area contributed by atoms with Gasteiger partial charge in [0.1, 0.15) is 0 Å². The molecule has 0 aliphatic carbocycles. The summed E-state index contributed by atoms with van der Waals surface area (Å²) in [4.78, 5) is 18.2. The average Bonchev–Trinajstić information content (AvgIpc) is 3.09. The number of thiazole rings is 1. The Morgan fingerprint density at radius 3 is 3.00 bits per heavy atom. The third-order valence-electron chi connectivity index (χ3n) is 3.71. The summed E-state index contributed by atoms with van der Waals surface area (Å²) in [7, 11) is 0. The molecule has 3 aromatic rings. The molecule has 110 valence electrons. The van der Waals surface area contributed by atoms with E-state index in [0.29, 0.717) is 5.13 Å². The van der Waals surface area contributed by atoms with Gasteiger partial charge in [-0.3, -0.25) is 4.79 Å². The molecule has 0 spiro atoms. The second-order valence-electron chi connectivity index (χ2n) is 5.40. The summed E-state index contributed by atoms with van der Waals surface area (Å²) in [6.07, 6.45) is 0.788. The van der Waals surface area contributed by atoms with E-state index in [4.69, 9.17) is 0 Å². The van der Waals surface area contributed by atoms with Crippen LogP contribution in [0.3, 0.4) is 0 Å². The van der Waals surface area contributed by atoms with Crippen LogP contribution in [0.25, 0.3) is 10.2 Å². The highest BCUT2D eigenvalue weighted by atomic mass is 32.2. The van der Waals surface area contributed by atoms with E-state index in [0.717, 1.165) is 16.6 Å². The van der Waals surface area contributed by atoms with E-state index in [1.54, 1.807) is 11.8 Å². The number of carbonyl (C=O) groups excluding carboxylic acids is 1. The molecule has 4 rings (SSSR count). The minimum Gasteiger partial charge on any atom is -0.301 e. The predicted molar refractivity (Wildman–Crippen MR) is 92.8 cm³/mol. The third kappa shape index (κ3) is 2.51. The highest BCUT2D eigenvalue weighted by molar-refractivity contribution is 8.01. The minimum atomic E-state index is -0.0638. The van der Waals surface area contributed by atoms with Crippen LogP contribution in [0, 0.1) is 6.92 Å². The quantitative estimate of drug-likeness (QED) is 0.765. The first kappa shape index (κ1) is 13.8. The molecule has 1 aromatic heterocycles. The van der Waals surface area contributed by atoms with Crippen LogP contribution in [0.1, 0.15) is 11.1 Å². The summed E-state index contributed by atoms with van der Waals surface area (Å²) >= 11 is 3.17. The summed E-state index contributed by atoms with van der Waals surface area (Å²) in [5, 5.41) is 3.59. The number of hydrogen-bond donors (Lipinski definition) is 1. The molecular formula is C17H14N2OS2.